The first-order valence-electron chi connectivity index (χ1n) is 8.56. The van der Waals surface area contributed by atoms with Crippen LogP contribution in [0.3, 0.4) is 0 Å². The Balaban J connectivity index is 1.68. The molecule has 0 bridgehead atoms. The van der Waals surface area contributed by atoms with Gasteiger partial charge in [0.05, 0.1) is 4.88 Å². The minimum atomic E-state index is -0.814. The van der Waals surface area contributed by atoms with E-state index in [4.69, 9.17) is 11.6 Å². The molecule has 4 heterocycles. The number of aliphatic hydroxyl groups excluding tert-OH is 1. The van der Waals surface area contributed by atoms with E-state index in [9.17, 15) is 5.11 Å². The number of nitrogens with one attached hydrogen (secondary N) is 2. The lowest BCUT2D eigenvalue weighted by molar-refractivity contribution is 0.221. The molecular formula is C20H14ClN5OS. The number of pyridine rings is 1. The highest BCUT2D eigenvalue weighted by atomic mass is 35.5. The van der Waals surface area contributed by atoms with E-state index >= 15 is 0 Å². The van der Waals surface area contributed by atoms with Gasteiger partial charge < -0.3 is 10.1 Å². The average Bonchev–Trinajstić information content (AvgIpc) is 3.47. The van der Waals surface area contributed by atoms with E-state index in [1.807, 2.05) is 36.5 Å². The number of aliphatic hydroxyl groups is 1. The van der Waals surface area contributed by atoms with Crippen molar-refractivity contribution in [3.05, 3.63) is 77.3 Å². The fourth-order valence-corrected chi connectivity index (χ4v) is 4.54. The van der Waals surface area contributed by atoms with Crippen molar-refractivity contribution in [2.75, 3.05) is 0 Å². The zero-order chi connectivity index (χ0) is 19.1. The van der Waals surface area contributed by atoms with E-state index in [2.05, 4.69) is 25.1 Å². The summed E-state index contributed by atoms with van der Waals surface area (Å²) in [4.78, 5) is 13.6. The van der Waals surface area contributed by atoms with Crippen molar-refractivity contribution in [2.24, 2.45) is 0 Å². The van der Waals surface area contributed by atoms with Crippen molar-refractivity contribution in [1.82, 2.24) is 25.1 Å². The van der Waals surface area contributed by atoms with Crippen LogP contribution in [0.5, 0.6) is 0 Å². The van der Waals surface area contributed by atoms with Crippen LogP contribution in [0.4, 0.5) is 0 Å². The van der Waals surface area contributed by atoms with Crippen LogP contribution in [-0.4, -0.2) is 30.3 Å². The lowest BCUT2D eigenvalue weighted by atomic mass is 10.0. The predicted molar refractivity (Wildman–Crippen MR) is 110 cm³/mol. The highest BCUT2D eigenvalue weighted by Crippen LogP contribution is 2.42. The summed E-state index contributed by atoms with van der Waals surface area (Å²) in [6, 6.07) is 13.2. The van der Waals surface area contributed by atoms with Gasteiger partial charge in [-0.1, -0.05) is 23.7 Å². The van der Waals surface area contributed by atoms with Crippen LogP contribution in [0.25, 0.3) is 32.2 Å². The van der Waals surface area contributed by atoms with Gasteiger partial charge in [0, 0.05) is 38.8 Å². The van der Waals surface area contributed by atoms with Gasteiger partial charge in [0.25, 0.3) is 0 Å². The number of aromatic amines is 2. The third kappa shape index (κ3) is 2.90. The predicted octanol–water partition coefficient (Wildman–Crippen LogP) is 4.81. The summed E-state index contributed by atoms with van der Waals surface area (Å²) in [7, 11) is 0. The van der Waals surface area contributed by atoms with E-state index in [0.717, 1.165) is 37.5 Å². The number of thiophene rings is 1. The molecule has 0 aliphatic heterocycles. The van der Waals surface area contributed by atoms with Gasteiger partial charge in [0.15, 0.2) is 5.82 Å². The first-order chi connectivity index (χ1) is 13.7. The Kier molecular flexibility index (Phi) is 4.20. The Morgan fingerprint density at radius 2 is 1.93 bits per heavy atom. The van der Waals surface area contributed by atoms with Gasteiger partial charge >= 0.3 is 0 Å². The van der Waals surface area contributed by atoms with Crippen molar-refractivity contribution in [2.45, 2.75) is 6.10 Å². The molecule has 3 N–H and O–H groups in total. The summed E-state index contributed by atoms with van der Waals surface area (Å²) >= 11 is 7.55. The van der Waals surface area contributed by atoms with Crippen LogP contribution in [-0.2, 0) is 0 Å². The summed E-state index contributed by atoms with van der Waals surface area (Å²) in [6.45, 7) is 0. The molecule has 0 radical (unpaired) electrons. The van der Waals surface area contributed by atoms with Gasteiger partial charge in [-0.15, -0.1) is 11.3 Å². The maximum absolute atomic E-state index is 11.1. The molecule has 0 saturated heterocycles. The van der Waals surface area contributed by atoms with Gasteiger partial charge in [-0.25, -0.2) is 9.97 Å². The van der Waals surface area contributed by atoms with E-state index in [0.29, 0.717) is 10.8 Å². The molecule has 0 spiro atoms. The number of rotatable bonds is 4. The molecular weight excluding hydrogens is 394 g/mol. The Morgan fingerprint density at radius 3 is 2.71 bits per heavy atom. The number of aromatic nitrogens is 5. The first kappa shape index (κ1) is 17.1. The molecule has 1 unspecified atom stereocenters. The molecule has 1 aromatic carbocycles. The third-order valence-electron chi connectivity index (χ3n) is 4.60. The zero-order valence-corrected chi connectivity index (χ0v) is 16.0. The molecule has 0 aliphatic rings. The van der Waals surface area contributed by atoms with Gasteiger partial charge in [0.1, 0.15) is 18.1 Å². The molecule has 1 atom stereocenters. The van der Waals surface area contributed by atoms with Crippen LogP contribution in [0.1, 0.15) is 17.2 Å². The molecule has 138 valence electrons. The first-order valence-corrected chi connectivity index (χ1v) is 9.75. The number of hydrogen-bond acceptors (Lipinski definition) is 5. The molecule has 0 fully saturated rings. The molecule has 6 nitrogen and oxygen atoms in total. The molecule has 5 rings (SSSR count). The van der Waals surface area contributed by atoms with Gasteiger partial charge in [-0.3, -0.25) is 5.10 Å². The number of H-pyrrole nitrogens is 2. The second-order valence-corrected chi connectivity index (χ2v) is 7.77. The van der Waals surface area contributed by atoms with Crippen molar-refractivity contribution in [1.29, 1.82) is 0 Å². The minimum absolute atomic E-state index is 0.624. The zero-order valence-electron chi connectivity index (χ0n) is 14.4. The monoisotopic (exact) mass is 407 g/mol. The summed E-state index contributed by atoms with van der Waals surface area (Å²) < 4.78 is 0. The van der Waals surface area contributed by atoms with Crippen LogP contribution in [0.2, 0.25) is 5.02 Å². The Labute approximate surface area is 168 Å². The van der Waals surface area contributed by atoms with Crippen LogP contribution in [0, 0.1) is 0 Å². The van der Waals surface area contributed by atoms with Crippen molar-refractivity contribution in [3.8, 4) is 21.1 Å². The van der Waals surface area contributed by atoms with Crippen LogP contribution < -0.4 is 0 Å². The maximum Gasteiger partial charge on any atom is 0.165 e. The van der Waals surface area contributed by atoms with Gasteiger partial charge in [-0.05, 0) is 35.9 Å². The largest absolute Gasteiger partial charge is 0.384 e. The topological polar surface area (TPSA) is 90.5 Å². The van der Waals surface area contributed by atoms with Gasteiger partial charge in [-0.2, -0.15) is 5.10 Å². The Bertz CT molecular complexity index is 1240. The standard InChI is InChI=1S/C20H14ClN5OS/c21-12-3-1-11(2-4-12)17(27)15-9-16(28-18(15)20-24-10-25-26-20)13-5-7-22-19-14(13)6-8-23-19/h1-10,17,27H,(H,22,23)(H,24,25,26). The van der Waals surface area contributed by atoms with E-state index in [-0.39, 0.29) is 0 Å². The summed E-state index contributed by atoms with van der Waals surface area (Å²) in [5, 5.41) is 19.6. The number of fused-ring (bicyclic) bond motifs is 1. The molecule has 28 heavy (non-hydrogen) atoms. The smallest absolute Gasteiger partial charge is 0.165 e. The summed E-state index contributed by atoms with van der Waals surface area (Å²) in [5.74, 6) is 0.624. The Morgan fingerprint density at radius 1 is 1.07 bits per heavy atom. The number of benzene rings is 1. The SMILES string of the molecule is OC(c1ccc(Cl)cc1)c1cc(-c2ccnc3[nH]ccc23)sc1-c1ncn[nH]1. The quantitative estimate of drug-likeness (QED) is 0.398. The van der Waals surface area contributed by atoms with Crippen molar-refractivity contribution < 1.29 is 5.11 Å². The summed E-state index contributed by atoms with van der Waals surface area (Å²) in [5.41, 5.74) is 3.40. The Hall–Kier alpha value is -3.00. The maximum atomic E-state index is 11.1. The minimum Gasteiger partial charge on any atom is -0.384 e. The van der Waals surface area contributed by atoms with Crippen molar-refractivity contribution >= 4 is 34.0 Å². The molecule has 5 aromatic rings. The lowest BCUT2D eigenvalue weighted by Gasteiger charge is -2.11. The number of hydrogen-bond donors (Lipinski definition) is 3. The van der Waals surface area contributed by atoms with Crippen LogP contribution >= 0.6 is 22.9 Å². The highest BCUT2D eigenvalue weighted by molar-refractivity contribution is 7.19. The average molecular weight is 408 g/mol. The second kappa shape index (κ2) is 6.87. The lowest BCUT2D eigenvalue weighted by Crippen LogP contribution is -2.00. The molecule has 0 amide bonds. The van der Waals surface area contributed by atoms with Crippen LogP contribution in [0.15, 0.2) is 61.2 Å². The molecule has 4 aromatic heterocycles. The fraction of sp³-hybridized carbons (Fsp3) is 0.0500. The highest BCUT2D eigenvalue weighted by Gasteiger charge is 2.22. The summed E-state index contributed by atoms with van der Waals surface area (Å²) in [6.07, 6.45) is 4.29. The van der Waals surface area contributed by atoms with Crippen molar-refractivity contribution in [3.63, 3.8) is 0 Å². The van der Waals surface area contributed by atoms with Gasteiger partial charge in [0.2, 0.25) is 0 Å². The fourth-order valence-electron chi connectivity index (χ4n) is 3.24. The molecule has 8 heteroatoms. The number of nitrogens with zero attached hydrogens (tertiary/aromatic N) is 3. The molecule has 0 aliphatic carbocycles. The third-order valence-corrected chi connectivity index (χ3v) is 6.04. The normalized spacial score (nSPS) is 12.5. The van der Waals surface area contributed by atoms with E-state index in [1.165, 1.54) is 6.33 Å². The second-order valence-electron chi connectivity index (χ2n) is 6.28. The molecule has 0 saturated carbocycles. The van der Waals surface area contributed by atoms with E-state index in [1.54, 1.807) is 29.7 Å². The number of halogens is 1. The van der Waals surface area contributed by atoms with E-state index < -0.39 is 6.10 Å².